The highest BCUT2D eigenvalue weighted by molar-refractivity contribution is 5.47. The molecule has 1 heterocycles. The first-order valence-corrected chi connectivity index (χ1v) is 7.74. The molecule has 0 bridgehead atoms. The largest absolute Gasteiger partial charge is 0.302 e. The molecule has 1 aliphatic heterocycles. The molecule has 20 heavy (non-hydrogen) atoms. The summed E-state index contributed by atoms with van der Waals surface area (Å²) in [5, 5.41) is 9.66. The molecule has 2 nitrogen and oxygen atoms in total. The molecule has 1 aromatic carbocycles. The Morgan fingerprint density at radius 2 is 1.60 bits per heavy atom. The molecule has 0 amide bonds. The minimum absolute atomic E-state index is 0.00620. The maximum absolute atomic E-state index is 9.66. The maximum Gasteiger partial charge on any atom is 0.0844 e. The molecule has 1 saturated heterocycles. The average Bonchev–Trinajstić information content (AvgIpc) is 2.45. The second-order valence-electron chi connectivity index (χ2n) is 6.22. The lowest BCUT2D eigenvalue weighted by Crippen LogP contribution is -2.33. The van der Waals surface area contributed by atoms with E-state index in [0.717, 1.165) is 19.6 Å². The fourth-order valence-corrected chi connectivity index (χ4v) is 3.37. The van der Waals surface area contributed by atoms with Crippen LogP contribution in [0.5, 0.6) is 0 Å². The third kappa shape index (κ3) is 3.04. The van der Waals surface area contributed by atoms with Gasteiger partial charge in [-0.1, -0.05) is 12.5 Å². The van der Waals surface area contributed by atoms with Crippen LogP contribution in [0.2, 0.25) is 0 Å². The van der Waals surface area contributed by atoms with Gasteiger partial charge in [0.2, 0.25) is 0 Å². The number of piperidine rings is 1. The number of nitriles is 1. The molecule has 0 saturated carbocycles. The van der Waals surface area contributed by atoms with Crippen LogP contribution in [0.25, 0.3) is 0 Å². The maximum atomic E-state index is 9.66. The van der Waals surface area contributed by atoms with Gasteiger partial charge >= 0.3 is 0 Å². The van der Waals surface area contributed by atoms with Crippen molar-refractivity contribution >= 4 is 0 Å². The van der Waals surface area contributed by atoms with Gasteiger partial charge in [0.05, 0.1) is 12.0 Å². The van der Waals surface area contributed by atoms with Gasteiger partial charge in [0.25, 0.3) is 0 Å². The summed E-state index contributed by atoms with van der Waals surface area (Å²) in [7, 11) is 0. The van der Waals surface area contributed by atoms with Crippen molar-refractivity contribution < 1.29 is 0 Å². The second-order valence-corrected chi connectivity index (χ2v) is 6.22. The highest BCUT2D eigenvalue weighted by Crippen LogP contribution is 2.29. The van der Waals surface area contributed by atoms with Crippen molar-refractivity contribution in [1.29, 1.82) is 5.26 Å². The lowest BCUT2D eigenvalue weighted by atomic mass is 9.86. The fraction of sp³-hybridized carbons (Fsp3) is 0.611. The highest BCUT2D eigenvalue weighted by Gasteiger charge is 2.22. The summed E-state index contributed by atoms with van der Waals surface area (Å²) in [6.45, 7) is 11.8. The third-order valence-corrected chi connectivity index (χ3v) is 4.82. The molecule has 1 unspecified atom stereocenters. The number of rotatable bonds is 3. The molecule has 108 valence electrons. The van der Waals surface area contributed by atoms with Crippen LogP contribution in [0.1, 0.15) is 53.0 Å². The summed E-state index contributed by atoms with van der Waals surface area (Å²) < 4.78 is 0. The van der Waals surface area contributed by atoms with E-state index in [2.05, 4.69) is 44.7 Å². The Hall–Kier alpha value is -1.33. The molecule has 2 heteroatoms. The zero-order chi connectivity index (χ0) is 14.7. The zero-order valence-corrected chi connectivity index (χ0v) is 13.3. The van der Waals surface area contributed by atoms with Gasteiger partial charge in [0, 0.05) is 6.54 Å². The second kappa shape index (κ2) is 6.41. The van der Waals surface area contributed by atoms with Crippen molar-refractivity contribution in [2.24, 2.45) is 0 Å². The Morgan fingerprint density at radius 3 is 2.10 bits per heavy atom. The zero-order valence-electron chi connectivity index (χ0n) is 13.3. The number of likely N-dealkylation sites (tertiary alicyclic amines) is 1. The molecule has 0 aromatic heterocycles. The van der Waals surface area contributed by atoms with Crippen LogP contribution in [0.3, 0.4) is 0 Å². The van der Waals surface area contributed by atoms with Gasteiger partial charge in [-0.2, -0.15) is 5.26 Å². The van der Waals surface area contributed by atoms with E-state index in [1.54, 1.807) is 0 Å². The first kappa shape index (κ1) is 15.1. The normalized spacial score (nSPS) is 17.8. The van der Waals surface area contributed by atoms with Gasteiger partial charge < -0.3 is 4.90 Å². The summed E-state index contributed by atoms with van der Waals surface area (Å²) in [5.74, 6) is 0.00620. The predicted molar refractivity (Wildman–Crippen MR) is 84.0 cm³/mol. The van der Waals surface area contributed by atoms with E-state index in [1.165, 1.54) is 47.1 Å². The van der Waals surface area contributed by atoms with E-state index in [0.29, 0.717) is 0 Å². The van der Waals surface area contributed by atoms with Crippen molar-refractivity contribution in [2.45, 2.75) is 52.9 Å². The summed E-state index contributed by atoms with van der Waals surface area (Å²) in [4.78, 5) is 2.47. The van der Waals surface area contributed by atoms with Crippen molar-refractivity contribution in [3.05, 3.63) is 33.9 Å². The highest BCUT2D eigenvalue weighted by atomic mass is 15.1. The van der Waals surface area contributed by atoms with Crippen LogP contribution in [-0.2, 0) is 0 Å². The van der Waals surface area contributed by atoms with E-state index in [-0.39, 0.29) is 5.92 Å². The van der Waals surface area contributed by atoms with Crippen molar-refractivity contribution in [2.75, 3.05) is 19.6 Å². The lowest BCUT2D eigenvalue weighted by Gasteiger charge is -2.29. The van der Waals surface area contributed by atoms with E-state index in [1.807, 2.05) is 0 Å². The number of hydrogen-bond acceptors (Lipinski definition) is 2. The van der Waals surface area contributed by atoms with E-state index in [9.17, 15) is 5.26 Å². The van der Waals surface area contributed by atoms with Gasteiger partial charge in [0.1, 0.15) is 0 Å². The summed E-state index contributed by atoms with van der Waals surface area (Å²) in [6.07, 6.45) is 3.90. The Bertz CT molecular complexity index is 493. The molecule has 0 spiro atoms. The number of nitrogens with zero attached hydrogens (tertiary/aromatic N) is 2. The van der Waals surface area contributed by atoms with Crippen molar-refractivity contribution in [3.63, 3.8) is 0 Å². The van der Waals surface area contributed by atoms with Gasteiger partial charge in [-0.25, -0.2) is 0 Å². The minimum atomic E-state index is 0.00620. The molecule has 1 aliphatic rings. The molecule has 1 atom stereocenters. The number of aryl methyl sites for hydroxylation is 2. The minimum Gasteiger partial charge on any atom is -0.302 e. The summed E-state index contributed by atoms with van der Waals surface area (Å²) in [5.41, 5.74) is 6.49. The Labute approximate surface area is 123 Å². The SMILES string of the molecule is Cc1cc(C)c(C)c(C(C#N)CN2CCCCC2)c1C. The quantitative estimate of drug-likeness (QED) is 0.829. The lowest BCUT2D eigenvalue weighted by molar-refractivity contribution is 0.225. The van der Waals surface area contributed by atoms with Crippen LogP contribution in [0.4, 0.5) is 0 Å². The Kier molecular flexibility index (Phi) is 4.83. The molecular formula is C18H26N2. The third-order valence-electron chi connectivity index (χ3n) is 4.82. The Balaban J connectivity index is 2.30. The van der Waals surface area contributed by atoms with Gasteiger partial charge in [-0.05, 0) is 81.4 Å². The van der Waals surface area contributed by atoms with E-state index in [4.69, 9.17) is 0 Å². The summed E-state index contributed by atoms with van der Waals surface area (Å²) in [6, 6.07) is 4.80. The molecule has 0 radical (unpaired) electrons. The van der Waals surface area contributed by atoms with E-state index < -0.39 is 0 Å². The van der Waals surface area contributed by atoms with Gasteiger partial charge in [-0.3, -0.25) is 0 Å². The Morgan fingerprint density at radius 1 is 1.05 bits per heavy atom. The van der Waals surface area contributed by atoms with Crippen molar-refractivity contribution in [1.82, 2.24) is 4.90 Å². The topological polar surface area (TPSA) is 27.0 Å². The summed E-state index contributed by atoms with van der Waals surface area (Å²) >= 11 is 0. The number of benzene rings is 1. The van der Waals surface area contributed by atoms with Gasteiger partial charge in [-0.15, -0.1) is 0 Å². The van der Waals surface area contributed by atoms with Crippen molar-refractivity contribution in [3.8, 4) is 6.07 Å². The van der Waals surface area contributed by atoms with E-state index >= 15 is 0 Å². The van der Waals surface area contributed by atoms with Crippen LogP contribution < -0.4 is 0 Å². The molecule has 1 fully saturated rings. The van der Waals surface area contributed by atoms with Gasteiger partial charge in [0.15, 0.2) is 0 Å². The monoisotopic (exact) mass is 270 g/mol. The average molecular weight is 270 g/mol. The molecule has 0 N–H and O–H groups in total. The molecular weight excluding hydrogens is 244 g/mol. The molecule has 1 aromatic rings. The molecule has 2 rings (SSSR count). The van der Waals surface area contributed by atoms with Crippen LogP contribution in [0, 0.1) is 39.0 Å². The molecule has 0 aliphatic carbocycles. The predicted octanol–water partition coefficient (Wildman–Crippen LogP) is 4.01. The standard InChI is InChI=1S/C18H26N2/c1-13-10-14(2)16(4)18(15(13)3)17(11-19)12-20-8-6-5-7-9-20/h10,17H,5-9,12H2,1-4H3. The first-order chi connectivity index (χ1) is 9.54. The smallest absolute Gasteiger partial charge is 0.0844 e. The number of hydrogen-bond donors (Lipinski definition) is 0. The van der Waals surface area contributed by atoms with Crippen LogP contribution in [0.15, 0.2) is 6.07 Å². The first-order valence-electron chi connectivity index (χ1n) is 7.74. The van der Waals surface area contributed by atoms with Crippen LogP contribution in [-0.4, -0.2) is 24.5 Å². The van der Waals surface area contributed by atoms with Crippen LogP contribution >= 0.6 is 0 Å². The fourth-order valence-electron chi connectivity index (χ4n) is 3.37.